The normalized spacial score (nSPS) is 17.7. The zero-order chi connectivity index (χ0) is 20.4. The van der Waals surface area contributed by atoms with Gasteiger partial charge in [0.05, 0.1) is 15.7 Å². The SMILES string of the molecule is CC/C(O)=C(/N)C(C)(NC(=O)c1cc(OCC(F)(F)F)c(Br)cn1)C1CC1. The molecule has 1 aromatic rings. The number of aromatic nitrogens is 1. The summed E-state index contributed by atoms with van der Waals surface area (Å²) in [5.74, 6) is -0.727. The van der Waals surface area contributed by atoms with E-state index < -0.39 is 24.2 Å². The summed E-state index contributed by atoms with van der Waals surface area (Å²) in [7, 11) is 0. The van der Waals surface area contributed by atoms with Crippen LogP contribution in [0.25, 0.3) is 0 Å². The molecule has 0 saturated heterocycles. The minimum Gasteiger partial charge on any atom is -0.510 e. The molecule has 1 fully saturated rings. The average Bonchev–Trinajstić information content (AvgIpc) is 3.44. The van der Waals surface area contributed by atoms with E-state index in [1.165, 1.54) is 6.20 Å². The van der Waals surface area contributed by atoms with E-state index in [0.717, 1.165) is 18.9 Å². The molecular formula is C17H21BrF3N3O3. The van der Waals surface area contributed by atoms with Crippen molar-refractivity contribution in [2.45, 2.75) is 44.8 Å². The van der Waals surface area contributed by atoms with Crippen LogP contribution in [0.2, 0.25) is 0 Å². The number of allylic oxidation sites excluding steroid dienone is 1. The van der Waals surface area contributed by atoms with Crippen molar-refractivity contribution in [1.82, 2.24) is 10.3 Å². The minimum absolute atomic E-state index is 0.0114. The van der Waals surface area contributed by atoms with Crippen LogP contribution in [0.4, 0.5) is 13.2 Å². The van der Waals surface area contributed by atoms with Gasteiger partial charge in [-0.15, -0.1) is 0 Å². The molecule has 0 aromatic carbocycles. The van der Waals surface area contributed by atoms with Crippen molar-refractivity contribution >= 4 is 21.8 Å². The Balaban J connectivity index is 2.24. The molecule has 0 spiro atoms. The van der Waals surface area contributed by atoms with Gasteiger partial charge >= 0.3 is 6.18 Å². The summed E-state index contributed by atoms with van der Waals surface area (Å²) in [5, 5.41) is 12.8. The highest BCUT2D eigenvalue weighted by Crippen LogP contribution is 2.43. The molecule has 0 bridgehead atoms. The number of halogens is 4. The van der Waals surface area contributed by atoms with E-state index in [4.69, 9.17) is 10.5 Å². The maximum absolute atomic E-state index is 12.6. The fourth-order valence-corrected chi connectivity index (χ4v) is 2.99. The van der Waals surface area contributed by atoms with Gasteiger partial charge in [-0.1, -0.05) is 6.92 Å². The lowest BCUT2D eigenvalue weighted by Gasteiger charge is -2.32. The highest BCUT2D eigenvalue weighted by atomic mass is 79.9. The minimum atomic E-state index is -4.51. The average molecular weight is 452 g/mol. The van der Waals surface area contributed by atoms with Crippen LogP contribution in [0.5, 0.6) is 5.75 Å². The number of hydrogen-bond acceptors (Lipinski definition) is 5. The van der Waals surface area contributed by atoms with E-state index in [-0.39, 0.29) is 33.3 Å². The fraction of sp³-hybridized carbons (Fsp3) is 0.529. The zero-order valence-corrected chi connectivity index (χ0v) is 16.4. The first-order valence-corrected chi connectivity index (χ1v) is 9.13. The number of carbonyl (C=O) groups excluding carboxylic acids is 1. The molecule has 1 amide bonds. The van der Waals surface area contributed by atoms with Gasteiger partial charge in [-0.3, -0.25) is 4.79 Å². The van der Waals surface area contributed by atoms with Crippen molar-refractivity contribution in [3.63, 3.8) is 0 Å². The summed E-state index contributed by atoms with van der Waals surface area (Å²) < 4.78 is 42.0. The van der Waals surface area contributed by atoms with Gasteiger partial charge in [0.2, 0.25) is 0 Å². The van der Waals surface area contributed by atoms with Crippen LogP contribution in [-0.2, 0) is 0 Å². The van der Waals surface area contributed by atoms with Gasteiger partial charge in [-0.05, 0) is 41.6 Å². The third-order valence-electron chi connectivity index (χ3n) is 4.42. The van der Waals surface area contributed by atoms with Crippen LogP contribution in [0.3, 0.4) is 0 Å². The largest absolute Gasteiger partial charge is 0.510 e. The van der Waals surface area contributed by atoms with Gasteiger partial charge in [0.1, 0.15) is 17.2 Å². The number of aliphatic hydroxyl groups is 1. The number of nitrogens with one attached hydrogen (secondary N) is 1. The Morgan fingerprint density at radius 3 is 2.63 bits per heavy atom. The standard InChI is InChI=1S/C17H21BrF3N3O3/c1-3-12(25)14(22)16(2,9-4-5-9)24-15(26)11-6-13(10(18)7-23-11)27-8-17(19,20)21/h6-7,9,25H,3-5,8,22H2,1-2H3,(H,24,26)/b14-12-. The highest BCUT2D eigenvalue weighted by molar-refractivity contribution is 9.10. The molecule has 0 radical (unpaired) electrons. The van der Waals surface area contributed by atoms with Gasteiger partial charge in [0.25, 0.3) is 5.91 Å². The second kappa shape index (κ2) is 7.95. The summed E-state index contributed by atoms with van der Waals surface area (Å²) in [5.41, 5.74) is 5.14. The Morgan fingerprint density at radius 2 is 2.11 bits per heavy atom. The molecule has 1 aliphatic carbocycles. The third-order valence-corrected chi connectivity index (χ3v) is 5.01. The summed E-state index contributed by atoms with van der Waals surface area (Å²) in [6, 6.07) is 1.12. The Labute approximate surface area is 163 Å². The van der Waals surface area contributed by atoms with Crippen molar-refractivity contribution in [3.8, 4) is 5.75 Å². The quantitative estimate of drug-likeness (QED) is 0.547. The van der Waals surface area contributed by atoms with E-state index in [9.17, 15) is 23.1 Å². The predicted octanol–water partition coefficient (Wildman–Crippen LogP) is 3.82. The lowest BCUT2D eigenvalue weighted by atomic mass is 9.90. The van der Waals surface area contributed by atoms with Crippen molar-refractivity contribution in [3.05, 3.63) is 33.9 Å². The van der Waals surface area contributed by atoms with Crippen molar-refractivity contribution in [2.75, 3.05) is 6.61 Å². The van der Waals surface area contributed by atoms with Crippen molar-refractivity contribution in [1.29, 1.82) is 0 Å². The van der Waals surface area contributed by atoms with Crippen molar-refractivity contribution < 1.29 is 27.8 Å². The van der Waals surface area contributed by atoms with Gasteiger partial charge in [0, 0.05) is 18.7 Å². The molecular weight excluding hydrogens is 431 g/mol. The molecule has 6 nitrogen and oxygen atoms in total. The summed E-state index contributed by atoms with van der Waals surface area (Å²) in [6.45, 7) is 1.96. The Bertz CT molecular complexity index is 751. The van der Waals surface area contributed by atoms with Crippen LogP contribution in [0.15, 0.2) is 28.2 Å². The van der Waals surface area contributed by atoms with E-state index in [0.29, 0.717) is 6.42 Å². The van der Waals surface area contributed by atoms with Gasteiger partial charge in [-0.2, -0.15) is 13.2 Å². The van der Waals surface area contributed by atoms with Crippen molar-refractivity contribution in [2.24, 2.45) is 11.7 Å². The van der Waals surface area contributed by atoms with Gasteiger partial charge in [-0.25, -0.2) is 4.98 Å². The lowest BCUT2D eigenvalue weighted by molar-refractivity contribution is -0.153. The zero-order valence-electron chi connectivity index (χ0n) is 14.9. The molecule has 0 aliphatic heterocycles. The maximum atomic E-state index is 12.6. The molecule has 1 heterocycles. The third kappa shape index (κ3) is 5.27. The van der Waals surface area contributed by atoms with Gasteiger partial charge < -0.3 is 20.9 Å². The Hall–Kier alpha value is -1.97. The monoisotopic (exact) mass is 451 g/mol. The number of hydrogen-bond donors (Lipinski definition) is 3. The molecule has 1 atom stereocenters. The molecule has 2 rings (SSSR count). The number of pyridine rings is 1. The van der Waals surface area contributed by atoms with Crippen LogP contribution >= 0.6 is 15.9 Å². The summed E-state index contributed by atoms with van der Waals surface area (Å²) >= 11 is 3.05. The molecule has 27 heavy (non-hydrogen) atoms. The molecule has 10 heteroatoms. The van der Waals surface area contributed by atoms with Crippen LogP contribution in [-0.4, -0.2) is 34.3 Å². The van der Waals surface area contributed by atoms with E-state index in [1.807, 2.05) is 0 Å². The first-order valence-electron chi connectivity index (χ1n) is 8.33. The first kappa shape index (κ1) is 21.3. The first-order chi connectivity index (χ1) is 12.5. The maximum Gasteiger partial charge on any atom is 0.422 e. The molecule has 1 aliphatic rings. The lowest BCUT2D eigenvalue weighted by Crippen LogP contribution is -2.52. The molecule has 1 unspecified atom stereocenters. The number of rotatable bonds is 7. The topological polar surface area (TPSA) is 97.5 Å². The summed E-state index contributed by atoms with van der Waals surface area (Å²) in [4.78, 5) is 16.6. The van der Waals surface area contributed by atoms with E-state index in [2.05, 4.69) is 26.2 Å². The molecule has 4 N–H and O–H groups in total. The van der Waals surface area contributed by atoms with Crippen LogP contribution < -0.4 is 15.8 Å². The number of amides is 1. The Morgan fingerprint density at radius 1 is 1.48 bits per heavy atom. The number of aliphatic hydroxyl groups excluding tert-OH is 1. The second-order valence-corrected chi connectivity index (χ2v) is 7.40. The number of carbonyl (C=O) groups is 1. The fourth-order valence-electron chi connectivity index (χ4n) is 2.65. The number of nitrogens with two attached hydrogens (primary N) is 1. The number of nitrogens with zero attached hydrogens (tertiary/aromatic N) is 1. The molecule has 1 saturated carbocycles. The Kier molecular flexibility index (Phi) is 6.28. The number of alkyl halides is 3. The second-order valence-electron chi connectivity index (χ2n) is 6.55. The smallest absolute Gasteiger partial charge is 0.422 e. The summed E-state index contributed by atoms with van der Waals surface area (Å²) in [6.07, 6.45) is -1.33. The van der Waals surface area contributed by atoms with E-state index >= 15 is 0 Å². The molecule has 150 valence electrons. The predicted molar refractivity (Wildman–Crippen MR) is 96.2 cm³/mol. The number of ether oxygens (including phenoxy) is 1. The highest BCUT2D eigenvalue weighted by Gasteiger charge is 2.46. The van der Waals surface area contributed by atoms with Crippen LogP contribution in [0, 0.1) is 5.92 Å². The molecule has 1 aromatic heterocycles. The van der Waals surface area contributed by atoms with Gasteiger partial charge in [0.15, 0.2) is 6.61 Å². The van der Waals surface area contributed by atoms with Crippen LogP contribution in [0.1, 0.15) is 43.6 Å². The van der Waals surface area contributed by atoms with E-state index in [1.54, 1.807) is 13.8 Å².